The van der Waals surface area contributed by atoms with Crippen LogP contribution in [0.15, 0.2) is 52.2 Å². The van der Waals surface area contributed by atoms with Crippen LogP contribution in [0.1, 0.15) is 24.8 Å². The van der Waals surface area contributed by atoms with E-state index in [4.69, 9.17) is 4.74 Å². The number of hydrogen-bond donors (Lipinski definition) is 4. The summed E-state index contributed by atoms with van der Waals surface area (Å²) in [4.78, 5) is 37.7. The van der Waals surface area contributed by atoms with Gasteiger partial charge < -0.3 is 20.1 Å². The molecule has 1 aromatic heterocycles. The summed E-state index contributed by atoms with van der Waals surface area (Å²) in [5.74, 6) is -0.857. The standard InChI is InChI=1S/C17H18N2O7/c1-17(25)14(23)13(12(22)11(21)9-5-3-2-4-6-9)26-15(17)19-8-7-10(20)18-16(19)24/h2-8,11,13-15,21,23,25H,1H3,(H,18,20,24)/t11?,13-,14-,15-,17-/m1/s1. The van der Waals surface area contributed by atoms with E-state index < -0.39 is 47.2 Å². The highest BCUT2D eigenvalue weighted by Gasteiger charge is 2.56. The summed E-state index contributed by atoms with van der Waals surface area (Å²) < 4.78 is 6.30. The molecule has 2 aromatic rings. The molecular weight excluding hydrogens is 344 g/mol. The average Bonchev–Trinajstić information content (AvgIpc) is 2.85. The molecule has 138 valence electrons. The average molecular weight is 362 g/mol. The molecular formula is C17H18N2O7. The van der Waals surface area contributed by atoms with Gasteiger partial charge in [-0.1, -0.05) is 30.3 Å². The van der Waals surface area contributed by atoms with E-state index in [9.17, 15) is 29.7 Å². The highest BCUT2D eigenvalue weighted by atomic mass is 16.6. The first-order valence-corrected chi connectivity index (χ1v) is 7.87. The van der Waals surface area contributed by atoms with Crippen molar-refractivity contribution >= 4 is 5.78 Å². The third-order valence-corrected chi connectivity index (χ3v) is 4.43. The Morgan fingerprint density at radius 1 is 1.27 bits per heavy atom. The Morgan fingerprint density at radius 3 is 2.54 bits per heavy atom. The molecule has 3 rings (SSSR count). The van der Waals surface area contributed by atoms with Crippen molar-refractivity contribution in [2.45, 2.75) is 37.1 Å². The van der Waals surface area contributed by atoms with Crippen molar-refractivity contribution in [1.82, 2.24) is 9.55 Å². The van der Waals surface area contributed by atoms with E-state index in [1.807, 2.05) is 4.98 Å². The zero-order valence-electron chi connectivity index (χ0n) is 13.8. The molecule has 1 fully saturated rings. The van der Waals surface area contributed by atoms with Crippen LogP contribution in [0, 0.1) is 0 Å². The van der Waals surface area contributed by atoms with E-state index in [-0.39, 0.29) is 0 Å². The number of aliphatic hydroxyl groups is 3. The van der Waals surface area contributed by atoms with Crippen LogP contribution in [0.5, 0.6) is 0 Å². The van der Waals surface area contributed by atoms with Gasteiger partial charge in [0.15, 0.2) is 18.1 Å². The number of nitrogens with zero attached hydrogens (tertiary/aromatic N) is 1. The van der Waals surface area contributed by atoms with Gasteiger partial charge in [0.25, 0.3) is 5.56 Å². The van der Waals surface area contributed by atoms with Gasteiger partial charge in [0.2, 0.25) is 0 Å². The minimum Gasteiger partial charge on any atom is -0.387 e. The van der Waals surface area contributed by atoms with Gasteiger partial charge >= 0.3 is 5.69 Å². The zero-order valence-corrected chi connectivity index (χ0v) is 13.8. The van der Waals surface area contributed by atoms with Gasteiger partial charge in [-0.25, -0.2) is 4.79 Å². The number of nitrogens with one attached hydrogen (secondary N) is 1. The molecule has 4 N–H and O–H groups in total. The van der Waals surface area contributed by atoms with Crippen LogP contribution in [0.4, 0.5) is 0 Å². The summed E-state index contributed by atoms with van der Waals surface area (Å²) >= 11 is 0. The number of Topliss-reactive ketones (excluding diaryl/α,β-unsaturated/α-hetero) is 1. The van der Waals surface area contributed by atoms with Gasteiger partial charge in [-0.05, 0) is 12.5 Å². The van der Waals surface area contributed by atoms with Gasteiger partial charge in [-0.2, -0.15) is 0 Å². The molecule has 1 aliphatic rings. The lowest BCUT2D eigenvalue weighted by atomic mass is 9.91. The van der Waals surface area contributed by atoms with E-state index >= 15 is 0 Å². The molecule has 9 heteroatoms. The number of ether oxygens (including phenoxy) is 1. The number of H-pyrrole nitrogens is 1. The molecule has 0 spiro atoms. The van der Waals surface area contributed by atoms with E-state index in [0.717, 1.165) is 16.8 Å². The third kappa shape index (κ3) is 3.01. The Labute approximate surface area is 147 Å². The minimum atomic E-state index is -2.02. The molecule has 26 heavy (non-hydrogen) atoms. The Hall–Kier alpha value is -2.59. The van der Waals surface area contributed by atoms with E-state index in [2.05, 4.69) is 0 Å². The molecule has 9 nitrogen and oxygen atoms in total. The van der Waals surface area contributed by atoms with Crippen molar-refractivity contribution < 1.29 is 24.9 Å². The summed E-state index contributed by atoms with van der Waals surface area (Å²) in [5, 5.41) is 31.2. The number of hydrogen-bond acceptors (Lipinski definition) is 7. The second kappa shape index (κ2) is 6.61. The largest absolute Gasteiger partial charge is 0.387 e. The van der Waals surface area contributed by atoms with E-state index in [0.29, 0.717) is 5.56 Å². The number of aliphatic hydroxyl groups excluding tert-OH is 2. The molecule has 0 radical (unpaired) electrons. The molecule has 2 heterocycles. The second-order valence-electron chi connectivity index (χ2n) is 6.31. The molecule has 0 bridgehead atoms. The van der Waals surface area contributed by atoms with Crippen molar-refractivity contribution in [3.63, 3.8) is 0 Å². The molecule has 1 aliphatic heterocycles. The van der Waals surface area contributed by atoms with E-state index in [1.165, 1.54) is 19.1 Å². The van der Waals surface area contributed by atoms with Crippen LogP contribution in [-0.4, -0.2) is 48.5 Å². The molecule has 0 saturated carbocycles. The van der Waals surface area contributed by atoms with Crippen LogP contribution in [0.3, 0.4) is 0 Å². The lowest BCUT2D eigenvalue weighted by Crippen LogP contribution is -2.47. The number of carbonyl (C=O) groups is 1. The predicted octanol–water partition coefficient (Wildman–Crippen LogP) is -1.15. The quantitative estimate of drug-likeness (QED) is 0.538. The maximum atomic E-state index is 12.6. The number of ketones is 1. The predicted molar refractivity (Wildman–Crippen MR) is 88.3 cm³/mol. The summed E-state index contributed by atoms with van der Waals surface area (Å²) in [7, 11) is 0. The third-order valence-electron chi connectivity index (χ3n) is 4.43. The summed E-state index contributed by atoms with van der Waals surface area (Å²) in [6.07, 6.45) is -5.18. The van der Waals surface area contributed by atoms with Gasteiger partial charge in [0, 0.05) is 12.3 Å². The molecule has 1 saturated heterocycles. The van der Waals surface area contributed by atoms with Crippen LogP contribution in [-0.2, 0) is 9.53 Å². The second-order valence-corrected chi connectivity index (χ2v) is 6.31. The normalized spacial score (nSPS) is 29.5. The molecule has 0 amide bonds. The summed E-state index contributed by atoms with van der Waals surface area (Å²) in [6.45, 7) is 1.20. The first-order chi connectivity index (χ1) is 12.2. The van der Waals surface area contributed by atoms with E-state index in [1.54, 1.807) is 18.2 Å². The molecule has 1 unspecified atom stereocenters. The van der Waals surface area contributed by atoms with Crippen molar-refractivity contribution in [3.05, 3.63) is 69.0 Å². The zero-order chi connectivity index (χ0) is 19.1. The number of benzene rings is 1. The lowest BCUT2D eigenvalue weighted by Gasteiger charge is -2.27. The first-order valence-electron chi connectivity index (χ1n) is 7.87. The maximum Gasteiger partial charge on any atom is 0.330 e. The van der Waals surface area contributed by atoms with Crippen molar-refractivity contribution in [1.29, 1.82) is 0 Å². The fraction of sp³-hybridized carbons (Fsp3) is 0.353. The smallest absolute Gasteiger partial charge is 0.330 e. The highest BCUT2D eigenvalue weighted by Crippen LogP contribution is 2.39. The number of aromatic amines is 1. The first kappa shape index (κ1) is 18.2. The van der Waals surface area contributed by atoms with Gasteiger partial charge in [0.05, 0.1) is 0 Å². The molecule has 5 atom stereocenters. The van der Waals surface area contributed by atoms with Crippen molar-refractivity contribution in [3.8, 4) is 0 Å². The van der Waals surface area contributed by atoms with Crippen LogP contribution in [0.25, 0.3) is 0 Å². The topological polar surface area (TPSA) is 142 Å². The summed E-state index contributed by atoms with van der Waals surface area (Å²) in [6, 6.07) is 9.09. The lowest BCUT2D eigenvalue weighted by molar-refractivity contribution is -0.144. The minimum absolute atomic E-state index is 0.303. The fourth-order valence-corrected chi connectivity index (χ4v) is 2.94. The van der Waals surface area contributed by atoms with Gasteiger partial charge in [-0.3, -0.25) is 19.1 Å². The Balaban J connectivity index is 1.92. The van der Waals surface area contributed by atoms with Crippen molar-refractivity contribution in [2.75, 3.05) is 0 Å². The summed E-state index contributed by atoms with van der Waals surface area (Å²) in [5.41, 5.74) is -3.22. The number of rotatable bonds is 4. The van der Waals surface area contributed by atoms with Crippen LogP contribution < -0.4 is 11.2 Å². The SMILES string of the molecule is C[C@@]1(O)[C@H](O)[C@@H](C(=O)C(O)c2ccccc2)O[C@H]1n1ccc(=O)[nH]c1=O. The number of aromatic nitrogens is 2. The fourth-order valence-electron chi connectivity index (χ4n) is 2.94. The monoisotopic (exact) mass is 362 g/mol. The Morgan fingerprint density at radius 2 is 1.92 bits per heavy atom. The maximum absolute atomic E-state index is 12.6. The van der Waals surface area contributed by atoms with Crippen LogP contribution in [0.2, 0.25) is 0 Å². The van der Waals surface area contributed by atoms with Gasteiger partial charge in [-0.15, -0.1) is 0 Å². The highest BCUT2D eigenvalue weighted by molar-refractivity contribution is 5.89. The number of carbonyl (C=O) groups excluding carboxylic acids is 1. The van der Waals surface area contributed by atoms with Crippen molar-refractivity contribution in [2.24, 2.45) is 0 Å². The Bertz CT molecular complexity index is 918. The van der Waals surface area contributed by atoms with Gasteiger partial charge in [0.1, 0.15) is 17.8 Å². The molecule has 1 aromatic carbocycles. The molecule has 0 aliphatic carbocycles. The Kier molecular flexibility index (Phi) is 4.63. The van der Waals surface area contributed by atoms with Crippen LogP contribution >= 0.6 is 0 Å².